The maximum Gasteiger partial charge on any atom is 0.272 e. The van der Waals surface area contributed by atoms with Crippen LogP contribution in [0.5, 0.6) is 5.88 Å². The lowest BCUT2D eigenvalue weighted by Gasteiger charge is -2.32. The predicted molar refractivity (Wildman–Crippen MR) is 75.8 cm³/mol. The van der Waals surface area contributed by atoms with Gasteiger partial charge in [0.05, 0.1) is 6.54 Å². The monoisotopic (exact) mass is 284 g/mol. The first-order valence-electron chi connectivity index (χ1n) is 6.97. The predicted octanol–water partition coefficient (Wildman–Crippen LogP) is 1.56. The Morgan fingerprint density at radius 1 is 1.24 bits per heavy atom. The van der Waals surface area contributed by atoms with E-state index in [0.29, 0.717) is 18.1 Å². The number of amides is 1. The number of ether oxygens (including phenoxy) is 1. The molecule has 0 aromatic carbocycles. The zero-order valence-corrected chi connectivity index (χ0v) is 11.6. The number of carbonyl (C=O) groups excluding carboxylic acids is 1. The Bertz CT molecular complexity index is 591. The van der Waals surface area contributed by atoms with Gasteiger partial charge in [0.2, 0.25) is 5.88 Å². The molecule has 1 aliphatic rings. The van der Waals surface area contributed by atoms with Crippen LogP contribution < -0.4 is 4.74 Å². The van der Waals surface area contributed by atoms with Crippen LogP contribution in [0, 0.1) is 0 Å². The number of hydrogen-bond acceptors (Lipinski definition) is 5. The SMILES string of the molecule is O=C(c1ccccn1)N1CCC[C@@H](Oc2cccnn2)C1. The molecule has 1 atom stereocenters. The first-order valence-corrected chi connectivity index (χ1v) is 6.97. The fraction of sp³-hybridized carbons (Fsp3) is 0.333. The number of nitrogens with zero attached hydrogens (tertiary/aromatic N) is 4. The van der Waals surface area contributed by atoms with Gasteiger partial charge in [-0.25, -0.2) is 0 Å². The molecule has 0 saturated carbocycles. The number of hydrogen-bond donors (Lipinski definition) is 0. The summed E-state index contributed by atoms with van der Waals surface area (Å²) in [6.07, 6.45) is 4.99. The molecular weight excluding hydrogens is 268 g/mol. The molecule has 0 radical (unpaired) electrons. The molecule has 3 heterocycles. The van der Waals surface area contributed by atoms with Crippen molar-refractivity contribution in [3.8, 4) is 5.88 Å². The summed E-state index contributed by atoms with van der Waals surface area (Å²) in [5, 5.41) is 7.70. The van der Waals surface area contributed by atoms with E-state index < -0.39 is 0 Å². The molecule has 2 aromatic heterocycles. The smallest absolute Gasteiger partial charge is 0.272 e. The quantitative estimate of drug-likeness (QED) is 0.855. The summed E-state index contributed by atoms with van der Waals surface area (Å²) in [5.74, 6) is 0.442. The summed E-state index contributed by atoms with van der Waals surface area (Å²) >= 11 is 0. The second-order valence-electron chi connectivity index (χ2n) is 4.91. The van der Waals surface area contributed by atoms with E-state index in [4.69, 9.17) is 4.74 Å². The Balaban J connectivity index is 1.64. The lowest BCUT2D eigenvalue weighted by molar-refractivity contribution is 0.0520. The van der Waals surface area contributed by atoms with Crippen LogP contribution in [0.15, 0.2) is 42.7 Å². The minimum atomic E-state index is -0.0527. The molecule has 6 nitrogen and oxygen atoms in total. The van der Waals surface area contributed by atoms with Gasteiger partial charge in [-0.05, 0) is 31.0 Å². The van der Waals surface area contributed by atoms with Crippen molar-refractivity contribution >= 4 is 5.91 Å². The van der Waals surface area contributed by atoms with Crippen LogP contribution in [0.3, 0.4) is 0 Å². The largest absolute Gasteiger partial charge is 0.471 e. The van der Waals surface area contributed by atoms with Crippen molar-refractivity contribution in [2.24, 2.45) is 0 Å². The van der Waals surface area contributed by atoms with Gasteiger partial charge in [0.25, 0.3) is 5.91 Å². The molecule has 1 fully saturated rings. The normalized spacial score (nSPS) is 18.3. The third-order valence-electron chi connectivity index (χ3n) is 3.38. The topological polar surface area (TPSA) is 68.2 Å². The summed E-state index contributed by atoms with van der Waals surface area (Å²) in [6.45, 7) is 1.28. The van der Waals surface area contributed by atoms with Gasteiger partial charge in [-0.3, -0.25) is 9.78 Å². The average molecular weight is 284 g/mol. The van der Waals surface area contributed by atoms with Crippen molar-refractivity contribution in [1.82, 2.24) is 20.1 Å². The van der Waals surface area contributed by atoms with Crippen molar-refractivity contribution in [2.75, 3.05) is 13.1 Å². The number of likely N-dealkylation sites (tertiary alicyclic amines) is 1. The molecule has 0 aliphatic carbocycles. The van der Waals surface area contributed by atoms with E-state index >= 15 is 0 Å². The van der Waals surface area contributed by atoms with Crippen LogP contribution in [-0.4, -0.2) is 45.2 Å². The molecule has 21 heavy (non-hydrogen) atoms. The second kappa shape index (κ2) is 6.30. The van der Waals surface area contributed by atoms with Gasteiger partial charge in [0, 0.05) is 25.0 Å². The van der Waals surface area contributed by atoms with Crippen molar-refractivity contribution < 1.29 is 9.53 Å². The maximum absolute atomic E-state index is 12.4. The molecule has 0 unspecified atom stereocenters. The average Bonchev–Trinajstić information content (AvgIpc) is 2.56. The van der Waals surface area contributed by atoms with E-state index in [1.165, 1.54) is 0 Å². The van der Waals surface area contributed by atoms with Crippen molar-refractivity contribution in [3.05, 3.63) is 48.4 Å². The zero-order valence-electron chi connectivity index (χ0n) is 11.6. The number of piperidine rings is 1. The molecule has 0 spiro atoms. The van der Waals surface area contributed by atoms with Crippen molar-refractivity contribution in [2.45, 2.75) is 18.9 Å². The van der Waals surface area contributed by atoms with Crippen LogP contribution in [0.1, 0.15) is 23.3 Å². The maximum atomic E-state index is 12.4. The van der Waals surface area contributed by atoms with Gasteiger partial charge in [-0.1, -0.05) is 6.07 Å². The number of carbonyl (C=O) groups is 1. The van der Waals surface area contributed by atoms with Crippen LogP contribution in [0.2, 0.25) is 0 Å². The summed E-state index contributed by atoms with van der Waals surface area (Å²) < 4.78 is 5.78. The van der Waals surface area contributed by atoms with E-state index in [0.717, 1.165) is 19.4 Å². The second-order valence-corrected chi connectivity index (χ2v) is 4.91. The van der Waals surface area contributed by atoms with Gasteiger partial charge in [-0.15, -0.1) is 5.10 Å². The minimum Gasteiger partial charge on any atom is -0.471 e. The van der Waals surface area contributed by atoms with Crippen LogP contribution >= 0.6 is 0 Å². The highest BCUT2D eigenvalue weighted by Crippen LogP contribution is 2.17. The van der Waals surface area contributed by atoms with Gasteiger partial charge in [0.1, 0.15) is 11.8 Å². The molecule has 2 aromatic rings. The molecular formula is C15H16N4O2. The van der Waals surface area contributed by atoms with Gasteiger partial charge >= 0.3 is 0 Å². The van der Waals surface area contributed by atoms with E-state index in [9.17, 15) is 4.79 Å². The highest BCUT2D eigenvalue weighted by atomic mass is 16.5. The van der Waals surface area contributed by atoms with E-state index in [1.54, 1.807) is 41.6 Å². The standard InChI is InChI=1S/C15H16N4O2/c20-15(13-6-1-2-8-16-13)19-10-4-5-12(11-19)21-14-7-3-9-17-18-14/h1-3,6-9,12H,4-5,10-11H2/t12-/m1/s1. The lowest BCUT2D eigenvalue weighted by Crippen LogP contribution is -2.44. The van der Waals surface area contributed by atoms with Crippen LogP contribution in [-0.2, 0) is 0 Å². The molecule has 6 heteroatoms. The van der Waals surface area contributed by atoms with E-state index in [1.807, 2.05) is 6.07 Å². The van der Waals surface area contributed by atoms with Gasteiger partial charge in [0.15, 0.2) is 0 Å². The molecule has 0 N–H and O–H groups in total. The van der Waals surface area contributed by atoms with Crippen LogP contribution in [0.25, 0.3) is 0 Å². The minimum absolute atomic E-state index is 0.0527. The Kier molecular flexibility index (Phi) is 4.04. The highest BCUT2D eigenvalue weighted by molar-refractivity contribution is 5.92. The lowest BCUT2D eigenvalue weighted by atomic mass is 10.1. The number of rotatable bonds is 3. The molecule has 1 aliphatic heterocycles. The van der Waals surface area contributed by atoms with Gasteiger partial charge < -0.3 is 9.64 Å². The zero-order chi connectivity index (χ0) is 14.5. The Hall–Kier alpha value is -2.50. The van der Waals surface area contributed by atoms with Crippen molar-refractivity contribution in [3.63, 3.8) is 0 Å². The van der Waals surface area contributed by atoms with Gasteiger partial charge in [-0.2, -0.15) is 5.10 Å². The number of aromatic nitrogens is 3. The number of pyridine rings is 1. The summed E-state index contributed by atoms with van der Waals surface area (Å²) in [7, 11) is 0. The van der Waals surface area contributed by atoms with Crippen molar-refractivity contribution in [1.29, 1.82) is 0 Å². The molecule has 1 saturated heterocycles. The first-order chi connectivity index (χ1) is 10.3. The van der Waals surface area contributed by atoms with E-state index in [-0.39, 0.29) is 12.0 Å². The van der Waals surface area contributed by atoms with Crippen LogP contribution in [0.4, 0.5) is 0 Å². The third kappa shape index (κ3) is 3.34. The fourth-order valence-corrected chi connectivity index (χ4v) is 2.39. The molecule has 0 bridgehead atoms. The third-order valence-corrected chi connectivity index (χ3v) is 3.38. The highest BCUT2D eigenvalue weighted by Gasteiger charge is 2.26. The first kappa shape index (κ1) is 13.5. The molecule has 108 valence electrons. The Labute approximate surface area is 122 Å². The molecule has 3 rings (SSSR count). The molecule has 1 amide bonds. The summed E-state index contributed by atoms with van der Waals surface area (Å²) in [4.78, 5) is 18.3. The Morgan fingerprint density at radius 3 is 2.95 bits per heavy atom. The summed E-state index contributed by atoms with van der Waals surface area (Å²) in [6, 6.07) is 8.90. The Morgan fingerprint density at radius 2 is 2.19 bits per heavy atom. The fourth-order valence-electron chi connectivity index (χ4n) is 2.39. The van der Waals surface area contributed by atoms with E-state index in [2.05, 4.69) is 15.2 Å². The summed E-state index contributed by atoms with van der Waals surface area (Å²) in [5.41, 5.74) is 0.470.